The van der Waals surface area contributed by atoms with Crippen LogP contribution in [0.25, 0.3) is 10.6 Å². The summed E-state index contributed by atoms with van der Waals surface area (Å²) < 4.78 is 5.25. The lowest BCUT2D eigenvalue weighted by Crippen LogP contribution is -2.09. The molecule has 0 aliphatic rings. The molecule has 0 aliphatic heterocycles. The maximum Gasteiger partial charge on any atom is 0.123 e. The molecule has 3 nitrogen and oxygen atoms in total. The molecule has 1 aromatic heterocycles. The van der Waals surface area contributed by atoms with Gasteiger partial charge < -0.3 is 10.1 Å². The molecule has 0 amide bonds. The summed E-state index contributed by atoms with van der Waals surface area (Å²) in [6, 6.07) is 8.05. The Kier molecular flexibility index (Phi) is 4.33. The lowest BCUT2D eigenvalue weighted by molar-refractivity contribution is 0.415. The number of ether oxygens (including phenoxy) is 1. The summed E-state index contributed by atoms with van der Waals surface area (Å²) in [5.41, 5.74) is 2.26. The number of nitrogens with one attached hydrogen (secondary N) is 1. The first-order chi connectivity index (χ1) is 8.74. The highest BCUT2D eigenvalue weighted by Crippen LogP contribution is 2.30. The van der Waals surface area contributed by atoms with Crippen LogP contribution in [0.15, 0.2) is 24.3 Å². The molecule has 0 unspecified atom stereocenters. The van der Waals surface area contributed by atoms with Crippen LogP contribution in [-0.2, 0) is 6.42 Å². The molecule has 2 aromatic rings. The van der Waals surface area contributed by atoms with E-state index in [9.17, 15) is 0 Å². The van der Waals surface area contributed by atoms with E-state index in [0.29, 0.717) is 0 Å². The van der Waals surface area contributed by atoms with Crippen LogP contribution in [-0.4, -0.2) is 25.7 Å². The summed E-state index contributed by atoms with van der Waals surface area (Å²) in [5.74, 6) is 0.872. The molecule has 0 atom stereocenters. The van der Waals surface area contributed by atoms with E-state index in [4.69, 9.17) is 4.74 Å². The van der Waals surface area contributed by atoms with Crippen molar-refractivity contribution >= 4 is 11.3 Å². The van der Waals surface area contributed by atoms with E-state index in [0.717, 1.165) is 35.0 Å². The first-order valence-corrected chi connectivity index (χ1v) is 6.81. The number of methoxy groups -OCH3 is 1. The number of aromatic nitrogens is 1. The minimum atomic E-state index is 0.872. The number of rotatable bonds is 5. The van der Waals surface area contributed by atoms with Crippen LogP contribution in [0, 0.1) is 6.92 Å². The van der Waals surface area contributed by atoms with Crippen LogP contribution >= 0.6 is 11.3 Å². The molecule has 0 radical (unpaired) electrons. The molecule has 0 saturated heterocycles. The Balaban J connectivity index is 2.27. The third-order valence-corrected chi connectivity index (χ3v) is 4.08. The van der Waals surface area contributed by atoms with Gasteiger partial charge in [0.05, 0.1) is 12.8 Å². The van der Waals surface area contributed by atoms with Crippen molar-refractivity contribution < 1.29 is 4.74 Å². The van der Waals surface area contributed by atoms with Crippen molar-refractivity contribution in [3.8, 4) is 16.3 Å². The highest BCUT2D eigenvalue weighted by Gasteiger charge is 2.09. The topological polar surface area (TPSA) is 34.1 Å². The van der Waals surface area contributed by atoms with Gasteiger partial charge in [-0.15, -0.1) is 11.3 Å². The van der Waals surface area contributed by atoms with Gasteiger partial charge in [0.1, 0.15) is 10.8 Å². The molecular weight excluding hydrogens is 244 g/mol. The lowest BCUT2D eigenvalue weighted by Gasteiger charge is -2.01. The molecule has 1 N–H and O–H groups in total. The van der Waals surface area contributed by atoms with Gasteiger partial charge in [-0.1, -0.05) is 12.1 Å². The number of nitrogens with zero attached hydrogens (tertiary/aromatic N) is 1. The summed E-state index contributed by atoms with van der Waals surface area (Å²) >= 11 is 1.77. The molecule has 1 heterocycles. The van der Waals surface area contributed by atoms with Crippen molar-refractivity contribution in [2.45, 2.75) is 13.3 Å². The smallest absolute Gasteiger partial charge is 0.123 e. The molecule has 0 saturated carbocycles. The van der Waals surface area contributed by atoms with E-state index in [1.54, 1.807) is 18.4 Å². The predicted molar refractivity (Wildman–Crippen MR) is 76.5 cm³/mol. The van der Waals surface area contributed by atoms with E-state index in [-0.39, 0.29) is 0 Å². The number of likely N-dealkylation sites (N-methyl/N-ethyl adjacent to an activating group) is 1. The quantitative estimate of drug-likeness (QED) is 0.899. The molecule has 0 aliphatic carbocycles. The standard InChI is InChI=1S/C14H18N2OS/c1-10-13(7-8-15-2)18-14(16-10)11-5-4-6-12(9-11)17-3/h4-6,9,15H,7-8H2,1-3H3. The Morgan fingerprint density at radius 3 is 2.94 bits per heavy atom. The van der Waals surface area contributed by atoms with Gasteiger partial charge in [-0.25, -0.2) is 4.98 Å². The average molecular weight is 262 g/mol. The van der Waals surface area contributed by atoms with E-state index >= 15 is 0 Å². The minimum absolute atomic E-state index is 0.872. The maximum atomic E-state index is 5.25. The number of hydrogen-bond acceptors (Lipinski definition) is 4. The molecule has 96 valence electrons. The third-order valence-electron chi connectivity index (χ3n) is 2.81. The number of aryl methyl sites for hydroxylation is 1. The van der Waals surface area contributed by atoms with Gasteiger partial charge >= 0.3 is 0 Å². The van der Waals surface area contributed by atoms with E-state index < -0.39 is 0 Å². The monoisotopic (exact) mass is 262 g/mol. The first-order valence-electron chi connectivity index (χ1n) is 6.00. The fraction of sp³-hybridized carbons (Fsp3) is 0.357. The minimum Gasteiger partial charge on any atom is -0.497 e. The predicted octanol–water partition coefficient (Wildman–Crippen LogP) is 2.89. The fourth-order valence-corrected chi connectivity index (χ4v) is 2.84. The fourth-order valence-electron chi connectivity index (χ4n) is 1.78. The lowest BCUT2D eigenvalue weighted by atomic mass is 10.2. The van der Waals surface area contributed by atoms with E-state index in [1.807, 2.05) is 25.2 Å². The average Bonchev–Trinajstić information content (AvgIpc) is 2.78. The Morgan fingerprint density at radius 2 is 2.22 bits per heavy atom. The van der Waals surface area contributed by atoms with Crippen LogP contribution in [0.2, 0.25) is 0 Å². The van der Waals surface area contributed by atoms with Crippen LogP contribution in [0.5, 0.6) is 5.75 Å². The molecular formula is C14H18N2OS. The zero-order chi connectivity index (χ0) is 13.0. The van der Waals surface area contributed by atoms with Crippen molar-refractivity contribution in [2.75, 3.05) is 20.7 Å². The normalized spacial score (nSPS) is 10.6. The third kappa shape index (κ3) is 2.89. The van der Waals surface area contributed by atoms with E-state index in [1.165, 1.54) is 4.88 Å². The van der Waals surface area contributed by atoms with Gasteiger partial charge in [0, 0.05) is 10.4 Å². The van der Waals surface area contributed by atoms with Crippen molar-refractivity contribution in [3.63, 3.8) is 0 Å². The van der Waals surface area contributed by atoms with Crippen LogP contribution in [0.3, 0.4) is 0 Å². The second kappa shape index (κ2) is 5.98. The molecule has 18 heavy (non-hydrogen) atoms. The van der Waals surface area contributed by atoms with Crippen molar-refractivity contribution in [3.05, 3.63) is 34.8 Å². The van der Waals surface area contributed by atoms with Gasteiger partial charge in [0.15, 0.2) is 0 Å². The van der Waals surface area contributed by atoms with Crippen molar-refractivity contribution in [1.29, 1.82) is 0 Å². The van der Waals surface area contributed by atoms with Crippen LogP contribution < -0.4 is 10.1 Å². The molecule has 2 rings (SSSR count). The Morgan fingerprint density at radius 1 is 1.39 bits per heavy atom. The molecule has 4 heteroatoms. The maximum absolute atomic E-state index is 5.25. The number of benzene rings is 1. The molecule has 0 spiro atoms. The summed E-state index contributed by atoms with van der Waals surface area (Å²) in [6.45, 7) is 3.06. The Bertz CT molecular complexity index is 522. The second-order valence-corrected chi connectivity index (χ2v) is 5.20. The summed E-state index contributed by atoms with van der Waals surface area (Å²) in [5, 5.41) is 4.24. The molecule has 0 fully saturated rings. The molecule has 0 bridgehead atoms. The van der Waals surface area contributed by atoms with Crippen LogP contribution in [0.1, 0.15) is 10.6 Å². The van der Waals surface area contributed by atoms with Crippen LogP contribution in [0.4, 0.5) is 0 Å². The SMILES string of the molecule is CNCCc1sc(-c2cccc(OC)c2)nc1C. The highest BCUT2D eigenvalue weighted by molar-refractivity contribution is 7.15. The van der Waals surface area contributed by atoms with Gasteiger partial charge in [-0.2, -0.15) is 0 Å². The summed E-state index contributed by atoms with van der Waals surface area (Å²) in [7, 11) is 3.66. The van der Waals surface area contributed by atoms with Gasteiger partial charge in [-0.3, -0.25) is 0 Å². The second-order valence-electron chi connectivity index (χ2n) is 4.11. The van der Waals surface area contributed by atoms with Gasteiger partial charge in [-0.05, 0) is 39.1 Å². The van der Waals surface area contributed by atoms with Gasteiger partial charge in [0.2, 0.25) is 0 Å². The Hall–Kier alpha value is -1.39. The summed E-state index contributed by atoms with van der Waals surface area (Å²) in [6.07, 6.45) is 1.03. The number of hydrogen-bond donors (Lipinski definition) is 1. The zero-order valence-electron chi connectivity index (χ0n) is 11.0. The highest BCUT2D eigenvalue weighted by atomic mass is 32.1. The summed E-state index contributed by atoms with van der Waals surface area (Å²) in [4.78, 5) is 5.99. The van der Waals surface area contributed by atoms with E-state index in [2.05, 4.69) is 23.3 Å². The largest absolute Gasteiger partial charge is 0.497 e. The molecule has 1 aromatic carbocycles. The first kappa shape index (κ1) is 13.1. The Labute approximate surface area is 112 Å². The number of thiazole rings is 1. The van der Waals surface area contributed by atoms with Crippen molar-refractivity contribution in [2.24, 2.45) is 0 Å². The zero-order valence-corrected chi connectivity index (χ0v) is 11.8. The van der Waals surface area contributed by atoms with Gasteiger partial charge in [0.25, 0.3) is 0 Å². The van der Waals surface area contributed by atoms with Crippen molar-refractivity contribution in [1.82, 2.24) is 10.3 Å².